The number of para-hydroxylation sites is 2. The summed E-state index contributed by atoms with van der Waals surface area (Å²) in [4.78, 5) is 15.6. The van der Waals surface area contributed by atoms with Gasteiger partial charge in [0.05, 0.1) is 27.8 Å². The van der Waals surface area contributed by atoms with Gasteiger partial charge >= 0.3 is 0 Å². The van der Waals surface area contributed by atoms with Crippen molar-refractivity contribution in [2.75, 3.05) is 0 Å². The first-order chi connectivity index (χ1) is 31.2. The van der Waals surface area contributed by atoms with Crippen LogP contribution in [0.25, 0.3) is 120 Å². The molecule has 4 aromatic heterocycles. The van der Waals surface area contributed by atoms with Crippen LogP contribution >= 0.6 is 11.3 Å². The van der Waals surface area contributed by atoms with Gasteiger partial charge in [0.15, 0.2) is 11.6 Å². The Labute approximate surface area is 366 Å². The second-order valence-electron chi connectivity index (χ2n) is 16.0. The standard InChI is InChI=1S/C57H35N5S/c1-4-17-36(18-5-1)39-31-32-42(44-26-16-27-45-43-25-12-15-30-53(43)63-54(44)45)50(33-39)61-48-28-13-10-23-40(48)46-34-47-41-24-11-14-29-49(41)62(52(47)35-51(46)61)57-59-55(37-19-6-2-7-20-37)58-56(60-57)38-21-8-3-9-22-38/h1-35H. The van der Waals surface area contributed by atoms with Gasteiger partial charge in [-0.25, -0.2) is 4.98 Å². The number of thiophene rings is 1. The number of rotatable bonds is 6. The van der Waals surface area contributed by atoms with Crippen LogP contribution in [-0.2, 0) is 0 Å². The van der Waals surface area contributed by atoms with Gasteiger partial charge in [-0.3, -0.25) is 4.57 Å². The van der Waals surface area contributed by atoms with Crippen molar-refractivity contribution in [1.29, 1.82) is 0 Å². The van der Waals surface area contributed by atoms with Gasteiger partial charge in [-0.05, 0) is 47.5 Å². The van der Waals surface area contributed by atoms with Crippen molar-refractivity contribution in [3.05, 3.63) is 212 Å². The van der Waals surface area contributed by atoms with E-state index < -0.39 is 0 Å². The lowest BCUT2D eigenvalue weighted by molar-refractivity contribution is 0.953. The molecule has 0 fully saturated rings. The van der Waals surface area contributed by atoms with E-state index in [1.54, 1.807) is 0 Å². The number of hydrogen-bond donors (Lipinski definition) is 0. The third kappa shape index (κ3) is 5.66. The molecule has 6 heteroatoms. The number of hydrogen-bond acceptors (Lipinski definition) is 4. The van der Waals surface area contributed by atoms with Crippen molar-refractivity contribution in [2.24, 2.45) is 0 Å². The van der Waals surface area contributed by atoms with Crippen LogP contribution in [-0.4, -0.2) is 24.1 Å². The van der Waals surface area contributed by atoms with E-state index in [4.69, 9.17) is 15.0 Å². The fourth-order valence-corrected chi connectivity index (χ4v) is 10.7. The maximum absolute atomic E-state index is 5.26. The summed E-state index contributed by atoms with van der Waals surface area (Å²) in [7, 11) is 0. The van der Waals surface area contributed by atoms with Gasteiger partial charge in [-0.2, -0.15) is 9.97 Å². The minimum absolute atomic E-state index is 0.569. The van der Waals surface area contributed by atoms with E-state index in [2.05, 4.69) is 185 Å². The van der Waals surface area contributed by atoms with Crippen LogP contribution in [0.5, 0.6) is 0 Å². The highest BCUT2D eigenvalue weighted by molar-refractivity contribution is 7.26. The average molecular weight is 822 g/mol. The van der Waals surface area contributed by atoms with Gasteiger partial charge in [0.2, 0.25) is 5.95 Å². The zero-order chi connectivity index (χ0) is 41.4. The largest absolute Gasteiger partial charge is 0.309 e. The van der Waals surface area contributed by atoms with Gasteiger partial charge in [-0.1, -0.05) is 176 Å². The minimum Gasteiger partial charge on any atom is -0.309 e. The molecule has 0 atom stereocenters. The predicted molar refractivity (Wildman–Crippen MR) is 263 cm³/mol. The summed E-state index contributed by atoms with van der Waals surface area (Å²) in [5.74, 6) is 1.82. The van der Waals surface area contributed by atoms with E-state index in [0.29, 0.717) is 17.6 Å². The molecule has 0 aliphatic heterocycles. The van der Waals surface area contributed by atoms with Crippen molar-refractivity contribution in [3.63, 3.8) is 0 Å². The van der Waals surface area contributed by atoms with Gasteiger partial charge in [0.1, 0.15) is 0 Å². The first kappa shape index (κ1) is 35.6. The maximum Gasteiger partial charge on any atom is 0.238 e. The van der Waals surface area contributed by atoms with Crippen molar-refractivity contribution >= 4 is 75.1 Å². The van der Waals surface area contributed by atoms with E-state index in [0.717, 1.165) is 55.2 Å². The molecule has 0 aliphatic rings. The Morgan fingerprint density at radius 2 is 0.857 bits per heavy atom. The zero-order valence-electron chi connectivity index (χ0n) is 33.9. The topological polar surface area (TPSA) is 48.5 Å². The molecule has 294 valence electrons. The molecule has 0 saturated carbocycles. The summed E-state index contributed by atoms with van der Waals surface area (Å²) in [6.45, 7) is 0. The summed E-state index contributed by atoms with van der Waals surface area (Å²) >= 11 is 1.87. The Morgan fingerprint density at radius 3 is 1.52 bits per heavy atom. The Morgan fingerprint density at radius 1 is 0.317 bits per heavy atom. The van der Waals surface area contributed by atoms with E-state index in [1.807, 2.05) is 47.7 Å². The average Bonchev–Trinajstić information content (AvgIpc) is 4.01. The summed E-state index contributed by atoms with van der Waals surface area (Å²) in [5, 5.41) is 7.22. The highest BCUT2D eigenvalue weighted by Crippen LogP contribution is 2.45. The lowest BCUT2D eigenvalue weighted by Gasteiger charge is -2.17. The molecule has 0 radical (unpaired) electrons. The molecule has 5 nitrogen and oxygen atoms in total. The zero-order valence-corrected chi connectivity index (χ0v) is 34.7. The highest BCUT2D eigenvalue weighted by Gasteiger charge is 2.23. The normalized spacial score (nSPS) is 11.8. The van der Waals surface area contributed by atoms with E-state index in [9.17, 15) is 0 Å². The molecule has 0 spiro atoms. The van der Waals surface area contributed by atoms with Crippen molar-refractivity contribution in [1.82, 2.24) is 24.1 Å². The quantitative estimate of drug-likeness (QED) is 0.168. The lowest BCUT2D eigenvalue weighted by atomic mass is 9.96. The molecule has 0 amide bonds. The van der Waals surface area contributed by atoms with E-state index >= 15 is 0 Å². The molecule has 0 aliphatic carbocycles. The molecular formula is C57H35N5S. The first-order valence-electron chi connectivity index (χ1n) is 21.2. The van der Waals surface area contributed by atoms with Gasteiger partial charge in [0, 0.05) is 64.0 Å². The van der Waals surface area contributed by atoms with Crippen molar-refractivity contribution in [3.8, 4) is 56.7 Å². The molecule has 0 saturated heterocycles. The van der Waals surface area contributed by atoms with Crippen LogP contribution in [0.2, 0.25) is 0 Å². The number of aromatic nitrogens is 5. The van der Waals surface area contributed by atoms with Crippen molar-refractivity contribution in [2.45, 2.75) is 0 Å². The molecule has 13 aromatic rings. The molecule has 9 aromatic carbocycles. The van der Waals surface area contributed by atoms with E-state index in [1.165, 1.54) is 47.6 Å². The summed E-state index contributed by atoms with van der Waals surface area (Å²) in [6, 6.07) is 75.8. The third-order valence-electron chi connectivity index (χ3n) is 12.4. The van der Waals surface area contributed by atoms with Gasteiger partial charge in [0.25, 0.3) is 0 Å². The molecule has 0 N–H and O–H groups in total. The smallest absolute Gasteiger partial charge is 0.238 e. The minimum atomic E-state index is 0.569. The second-order valence-corrected chi connectivity index (χ2v) is 17.0. The Balaban J connectivity index is 1.14. The predicted octanol–water partition coefficient (Wildman–Crippen LogP) is 15.1. The molecule has 4 heterocycles. The number of benzene rings is 9. The number of nitrogens with zero attached hydrogens (tertiary/aromatic N) is 5. The van der Waals surface area contributed by atoms with Crippen LogP contribution in [0.3, 0.4) is 0 Å². The third-order valence-corrected chi connectivity index (χ3v) is 13.6. The molecule has 0 bridgehead atoms. The van der Waals surface area contributed by atoms with E-state index in [-0.39, 0.29) is 0 Å². The monoisotopic (exact) mass is 821 g/mol. The first-order valence-corrected chi connectivity index (χ1v) is 22.0. The van der Waals surface area contributed by atoms with Crippen molar-refractivity contribution < 1.29 is 0 Å². The second kappa shape index (κ2) is 14.2. The maximum atomic E-state index is 5.26. The molecule has 63 heavy (non-hydrogen) atoms. The fourth-order valence-electron chi connectivity index (χ4n) is 9.52. The van der Waals surface area contributed by atoms with Crippen LogP contribution in [0.4, 0.5) is 0 Å². The number of fused-ring (bicyclic) bond motifs is 9. The highest BCUT2D eigenvalue weighted by atomic mass is 32.1. The van der Waals surface area contributed by atoms with Gasteiger partial charge < -0.3 is 4.57 Å². The SMILES string of the molecule is c1ccc(-c2ccc(-c3cccc4c3sc3ccccc34)c(-n3c4ccccc4c4cc5c6ccccc6n(-c6nc(-c7ccccc7)nc(-c7ccccc7)n6)c5cc43)c2)cc1. The Kier molecular flexibility index (Phi) is 8.01. The molecule has 13 rings (SSSR count). The summed E-state index contributed by atoms with van der Waals surface area (Å²) in [5.41, 5.74) is 12.0. The summed E-state index contributed by atoms with van der Waals surface area (Å²) in [6.07, 6.45) is 0. The fraction of sp³-hybridized carbons (Fsp3) is 0. The van der Waals surface area contributed by atoms with Gasteiger partial charge in [-0.15, -0.1) is 11.3 Å². The van der Waals surface area contributed by atoms with Crippen LogP contribution in [0.1, 0.15) is 0 Å². The van der Waals surface area contributed by atoms with Crippen LogP contribution in [0, 0.1) is 0 Å². The van der Waals surface area contributed by atoms with Crippen LogP contribution in [0.15, 0.2) is 212 Å². The molecular weight excluding hydrogens is 787 g/mol. The molecule has 0 unspecified atom stereocenters. The Hall–Kier alpha value is -8.19. The Bertz CT molecular complexity index is 3850. The summed E-state index contributed by atoms with van der Waals surface area (Å²) < 4.78 is 7.29. The van der Waals surface area contributed by atoms with Crippen LogP contribution < -0.4 is 0 Å². The lowest BCUT2D eigenvalue weighted by Crippen LogP contribution is -2.06.